The maximum Gasteiger partial charge on any atom is 0.275 e. The average Bonchev–Trinajstić information content (AvgIpc) is 2.71. The first-order chi connectivity index (χ1) is 5.95. The van der Waals surface area contributed by atoms with Crippen molar-refractivity contribution in [1.29, 1.82) is 0 Å². The van der Waals surface area contributed by atoms with Gasteiger partial charge in [0.1, 0.15) is 0 Å². The van der Waals surface area contributed by atoms with E-state index in [2.05, 4.69) is 6.92 Å². The second-order valence-corrected chi connectivity index (χ2v) is 3.38. The van der Waals surface area contributed by atoms with Crippen LogP contribution < -0.4 is 0 Å². The quantitative estimate of drug-likeness (QED) is 0.346. The highest BCUT2D eigenvalue weighted by Crippen LogP contribution is 2.07. The van der Waals surface area contributed by atoms with Crippen molar-refractivity contribution in [2.45, 2.75) is 51.6 Å². The Hall–Kier alpha value is -0.160. The molecule has 1 saturated heterocycles. The van der Waals surface area contributed by atoms with E-state index < -0.39 is 5.97 Å². The van der Waals surface area contributed by atoms with Gasteiger partial charge in [-0.1, -0.05) is 19.8 Å². The summed E-state index contributed by atoms with van der Waals surface area (Å²) in [4.78, 5) is 0. The highest BCUT2D eigenvalue weighted by Gasteiger charge is 2.15. The molecule has 0 aromatic carbocycles. The van der Waals surface area contributed by atoms with Crippen molar-refractivity contribution in [3.63, 3.8) is 0 Å². The summed E-state index contributed by atoms with van der Waals surface area (Å²) in [6.45, 7) is 5.05. The molecule has 1 aliphatic rings. The Morgan fingerprint density at radius 1 is 1.31 bits per heavy atom. The third kappa shape index (κ3) is 14.7. The minimum Gasteiger partial charge on any atom is -0.373 e. The van der Waals surface area contributed by atoms with Gasteiger partial charge in [-0.05, 0) is 13.3 Å². The Morgan fingerprint density at radius 3 is 2.00 bits per heavy atom. The summed E-state index contributed by atoms with van der Waals surface area (Å²) in [5.74, 6) is -2.45. The molecule has 1 atom stereocenters. The molecule has 1 aliphatic heterocycles. The van der Waals surface area contributed by atoms with Crippen LogP contribution in [0.5, 0.6) is 0 Å². The number of hydrogen-bond acceptors (Lipinski definition) is 4. The fourth-order valence-corrected chi connectivity index (χ4v) is 0.708. The van der Waals surface area contributed by atoms with E-state index in [-0.39, 0.29) is 6.42 Å². The lowest BCUT2D eigenvalue weighted by Gasteiger charge is -2.12. The second kappa shape index (κ2) is 6.32. The van der Waals surface area contributed by atoms with E-state index in [4.69, 9.17) is 20.1 Å². The van der Waals surface area contributed by atoms with Crippen LogP contribution in [0.1, 0.15) is 39.5 Å². The van der Waals surface area contributed by atoms with E-state index >= 15 is 0 Å². The summed E-state index contributed by atoms with van der Waals surface area (Å²) < 4.78 is 4.71. The third-order valence-electron chi connectivity index (χ3n) is 1.62. The zero-order valence-corrected chi connectivity index (χ0v) is 8.36. The minimum atomic E-state index is -2.45. The Balaban J connectivity index is 0.000000293. The van der Waals surface area contributed by atoms with Gasteiger partial charge in [-0.3, -0.25) is 0 Å². The molecule has 0 saturated carbocycles. The largest absolute Gasteiger partial charge is 0.373 e. The number of aliphatic hydroxyl groups is 3. The molecule has 0 bridgehead atoms. The molecule has 1 fully saturated rings. The molecule has 80 valence electrons. The van der Waals surface area contributed by atoms with Gasteiger partial charge in [-0.15, -0.1) is 0 Å². The van der Waals surface area contributed by atoms with Crippen LogP contribution in [0.25, 0.3) is 0 Å². The Kier molecular flexibility index (Phi) is 6.24. The fourth-order valence-electron chi connectivity index (χ4n) is 0.708. The molecule has 1 heterocycles. The average molecular weight is 192 g/mol. The molecular weight excluding hydrogens is 172 g/mol. The van der Waals surface area contributed by atoms with E-state index in [9.17, 15) is 0 Å². The van der Waals surface area contributed by atoms with E-state index in [1.54, 1.807) is 0 Å². The molecule has 0 spiro atoms. The molecule has 1 rings (SSSR count). The van der Waals surface area contributed by atoms with Crippen LogP contribution in [0, 0.1) is 0 Å². The lowest BCUT2D eigenvalue weighted by atomic mass is 10.2. The Morgan fingerprint density at radius 2 is 1.77 bits per heavy atom. The molecule has 1 unspecified atom stereocenters. The fraction of sp³-hybridized carbons (Fsp3) is 1.00. The van der Waals surface area contributed by atoms with Crippen molar-refractivity contribution in [1.82, 2.24) is 0 Å². The van der Waals surface area contributed by atoms with Crippen molar-refractivity contribution >= 4 is 0 Å². The van der Waals surface area contributed by atoms with Crippen LogP contribution in [0.4, 0.5) is 0 Å². The highest BCUT2D eigenvalue weighted by atomic mass is 16.7. The van der Waals surface area contributed by atoms with Gasteiger partial charge in [0.05, 0.1) is 12.7 Å². The van der Waals surface area contributed by atoms with Crippen molar-refractivity contribution < 1.29 is 20.1 Å². The standard InChI is InChI=1S/C6H14O3.C3H6O/c1-2-3-4-5-6(7,8)9;1-3-2-4-3/h7-9H,2-5H2,1H3;3H,2H2,1H3. The van der Waals surface area contributed by atoms with Gasteiger partial charge in [0.15, 0.2) is 0 Å². The van der Waals surface area contributed by atoms with Crippen LogP contribution in [0.3, 0.4) is 0 Å². The van der Waals surface area contributed by atoms with Gasteiger partial charge in [0, 0.05) is 6.42 Å². The van der Waals surface area contributed by atoms with Gasteiger partial charge in [0.2, 0.25) is 0 Å². The topological polar surface area (TPSA) is 73.2 Å². The zero-order valence-electron chi connectivity index (χ0n) is 8.36. The molecule has 0 aromatic rings. The normalized spacial score (nSPS) is 20.5. The zero-order chi connectivity index (χ0) is 10.3. The van der Waals surface area contributed by atoms with Crippen molar-refractivity contribution in [3.05, 3.63) is 0 Å². The predicted octanol–water partition coefficient (Wildman–Crippen LogP) is 0.602. The molecule has 4 nitrogen and oxygen atoms in total. The van der Waals surface area contributed by atoms with Crippen LogP contribution >= 0.6 is 0 Å². The van der Waals surface area contributed by atoms with Crippen LogP contribution in [0.15, 0.2) is 0 Å². The molecule has 0 radical (unpaired) electrons. The highest BCUT2D eigenvalue weighted by molar-refractivity contribution is 4.58. The summed E-state index contributed by atoms with van der Waals surface area (Å²) in [6.07, 6.45) is 3.21. The van der Waals surface area contributed by atoms with Gasteiger partial charge in [0.25, 0.3) is 5.97 Å². The Labute approximate surface area is 79.2 Å². The van der Waals surface area contributed by atoms with Crippen LogP contribution in [-0.4, -0.2) is 34.0 Å². The lowest BCUT2D eigenvalue weighted by Crippen LogP contribution is -2.26. The number of rotatable bonds is 4. The van der Waals surface area contributed by atoms with Gasteiger partial charge in [-0.25, -0.2) is 0 Å². The maximum atomic E-state index is 8.36. The lowest BCUT2D eigenvalue weighted by molar-refractivity contribution is -0.314. The van der Waals surface area contributed by atoms with Gasteiger partial charge < -0.3 is 20.1 Å². The second-order valence-electron chi connectivity index (χ2n) is 3.38. The molecule has 13 heavy (non-hydrogen) atoms. The molecule has 0 aromatic heterocycles. The number of unbranched alkanes of at least 4 members (excludes halogenated alkanes) is 2. The molecule has 3 N–H and O–H groups in total. The first-order valence-corrected chi connectivity index (χ1v) is 4.74. The Bertz CT molecular complexity index is 115. The van der Waals surface area contributed by atoms with Crippen LogP contribution in [-0.2, 0) is 4.74 Å². The van der Waals surface area contributed by atoms with E-state index in [0.717, 1.165) is 19.4 Å². The third-order valence-corrected chi connectivity index (χ3v) is 1.62. The summed E-state index contributed by atoms with van der Waals surface area (Å²) >= 11 is 0. The van der Waals surface area contributed by atoms with E-state index in [1.807, 2.05) is 6.92 Å². The van der Waals surface area contributed by atoms with Crippen molar-refractivity contribution in [2.75, 3.05) is 6.61 Å². The summed E-state index contributed by atoms with van der Waals surface area (Å²) in [5.41, 5.74) is 0. The maximum absolute atomic E-state index is 8.36. The van der Waals surface area contributed by atoms with E-state index in [0.29, 0.717) is 12.5 Å². The predicted molar refractivity (Wildman–Crippen MR) is 48.9 cm³/mol. The number of epoxide rings is 1. The monoisotopic (exact) mass is 192 g/mol. The van der Waals surface area contributed by atoms with E-state index in [1.165, 1.54) is 0 Å². The number of hydrogen-bond donors (Lipinski definition) is 3. The first kappa shape index (κ1) is 12.8. The van der Waals surface area contributed by atoms with Crippen molar-refractivity contribution in [3.8, 4) is 0 Å². The van der Waals surface area contributed by atoms with Crippen molar-refractivity contribution in [2.24, 2.45) is 0 Å². The van der Waals surface area contributed by atoms with Gasteiger partial charge >= 0.3 is 0 Å². The summed E-state index contributed by atoms with van der Waals surface area (Å²) in [6, 6.07) is 0. The van der Waals surface area contributed by atoms with Crippen LogP contribution in [0.2, 0.25) is 0 Å². The summed E-state index contributed by atoms with van der Waals surface area (Å²) in [7, 11) is 0. The SMILES string of the molecule is CC1CO1.CCCCCC(O)(O)O. The smallest absolute Gasteiger partial charge is 0.275 e. The number of ether oxygens (including phenoxy) is 1. The summed E-state index contributed by atoms with van der Waals surface area (Å²) in [5, 5.41) is 25.1. The molecule has 4 heteroatoms. The first-order valence-electron chi connectivity index (χ1n) is 4.74. The minimum absolute atomic E-state index is 0.0425. The molecule has 0 aliphatic carbocycles. The molecule has 0 amide bonds. The van der Waals surface area contributed by atoms with Gasteiger partial charge in [-0.2, -0.15) is 0 Å². The molecular formula is C9H20O4.